The first-order valence-corrected chi connectivity index (χ1v) is 10.5. The number of amides is 1. The van der Waals surface area contributed by atoms with Crippen molar-refractivity contribution < 1.29 is 9.53 Å². The molecule has 1 aromatic carbocycles. The Morgan fingerprint density at radius 1 is 1.29 bits per heavy atom. The molecule has 3 heterocycles. The Kier molecular flexibility index (Phi) is 5.67. The molecule has 1 atom stereocenters. The summed E-state index contributed by atoms with van der Waals surface area (Å²) in [6, 6.07) is 9.87. The third-order valence-corrected chi connectivity index (χ3v) is 5.14. The van der Waals surface area contributed by atoms with E-state index in [1.807, 2.05) is 55.7 Å². The van der Waals surface area contributed by atoms with Crippen LogP contribution in [-0.2, 0) is 11.3 Å². The fourth-order valence-corrected chi connectivity index (χ4v) is 3.87. The molecule has 0 aliphatic carbocycles. The van der Waals surface area contributed by atoms with E-state index < -0.39 is 11.7 Å². The maximum absolute atomic E-state index is 12.6. The van der Waals surface area contributed by atoms with E-state index in [-0.39, 0.29) is 11.6 Å². The number of nitrogens with one attached hydrogen (secondary N) is 2. The molecule has 1 aliphatic rings. The molecule has 2 aromatic heterocycles. The van der Waals surface area contributed by atoms with Crippen LogP contribution >= 0.6 is 0 Å². The number of carbonyl (C=O) groups excluding carboxylic acids is 1. The number of rotatable bonds is 4. The van der Waals surface area contributed by atoms with Gasteiger partial charge in [0.1, 0.15) is 5.60 Å². The lowest BCUT2D eigenvalue weighted by Crippen LogP contribution is -2.49. The molecule has 0 radical (unpaired) electrons. The SMILES string of the molecule is CC(C)(C)OC(=O)NC1CCCN(c2nc3nc[nH]c(=O)c3n2Cc2ccccc2)C1. The summed E-state index contributed by atoms with van der Waals surface area (Å²) >= 11 is 0. The van der Waals surface area contributed by atoms with Crippen molar-refractivity contribution in [3.63, 3.8) is 0 Å². The number of aromatic nitrogens is 4. The van der Waals surface area contributed by atoms with Gasteiger partial charge in [-0.2, -0.15) is 4.98 Å². The maximum Gasteiger partial charge on any atom is 0.407 e. The maximum atomic E-state index is 12.6. The number of fused-ring (bicyclic) bond motifs is 1. The number of nitrogens with zero attached hydrogens (tertiary/aromatic N) is 4. The fraction of sp³-hybridized carbons (Fsp3) is 0.455. The van der Waals surface area contributed by atoms with Crippen molar-refractivity contribution in [2.45, 2.75) is 51.8 Å². The summed E-state index contributed by atoms with van der Waals surface area (Å²) < 4.78 is 7.31. The zero-order valence-electron chi connectivity index (χ0n) is 18.1. The molecule has 31 heavy (non-hydrogen) atoms. The van der Waals surface area contributed by atoms with E-state index >= 15 is 0 Å². The van der Waals surface area contributed by atoms with E-state index in [4.69, 9.17) is 4.74 Å². The number of anilines is 1. The van der Waals surface area contributed by atoms with Crippen LogP contribution in [0.1, 0.15) is 39.2 Å². The zero-order chi connectivity index (χ0) is 22.0. The van der Waals surface area contributed by atoms with Crippen molar-refractivity contribution >= 4 is 23.2 Å². The van der Waals surface area contributed by atoms with Gasteiger partial charge in [-0.15, -0.1) is 0 Å². The first kappa shape index (κ1) is 20.9. The van der Waals surface area contributed by atoms with Crippen LogP contribution in [0, 0.1) is 0 Å². The second-order valence-electron chi connectivity index (χ2n) is 8.82. The number of benzene rings is 1. The standard InChI is InChI=1S/C22H28N6O3/c1-22(2,3)31-21(30)25-16-10-7-11-27(13-16)20-26-18-17(19(29)24-14-23-18)28(20)12-15-8-5-4-6-9-15/h4-6,8-9,14,16H,7,10-13H2,1-3H3,(H,25,30)(H,23,24,29). The predicted molar refractivity (Wildman–Crippen MR) is 118 cm³/mol. The highest BCUT2D eigenvalue weighted by Crippen LogP contribution is 2.24. The van der Waals surface area contributed by atoms with Crippen LogP contribution in [0.2, 0.25) is 0 Å². The molecule has 1 aliphatic heterocycles. The molecule has 1 fully saturated rings. The number of ether oxygens (including phenoxy) is 1. The van der Waals surface area contributed by atoms with E-state index in [9.17, 15) is 9.59 Å². The molecule has 1 saturated heterocycles. The van der Waals surface area contributed by atoms with Gasteiger partial charge in [0.2, 0.25) is 5.95 Å². The Morgan fingerprint density at radius 3 is 2.81 bits per heavy atom. The van der Waals surface area contributed by atoms with Gasteiger partial charge in [-0.1, -0.05) is 30.3 Å². The summed E-state index contributed by atoms with van der Waals surface area (Å²) in [5.74, 6) is 0.679. The van der Waals surface area contributed by atoms with Crippen molar-refractivity contribution in [2.75, 3.05) is 18.0 Å². The summed E-state index contributed by atoms with van der Waals surface area (Å²) in [6.07, 6.45) is 2.69. The van der Waals surface area contributed by atoms with Crippen LogP contribution in [0.15, 0.2) is 41.5 Å². The molecule has 4 rings (SSSR count). The Bertz CT molecular complexity index is 1120. The molecule has 1 amide bonds. The number of piperidine rings is 1. The van der Waals surface area contributed by atoms with Crippen molar-refractivity contribution in [2.24, 2.45) is 0 Å². The number of imidazole rings is 1. The van der Waals surface area contributed by atoms with Crippen LogP contribution in [0.5, 0.6) is 0 Å². The van der Waals surface area contributed by atoms with E-state index in [0.717, 1.165) is 24.9 Å². The minimum absolute atomic E-state index is 0.0696. The van der Waals surface area contributed by atoms with E-state index in [1.165, 1.54) is 6.33 Å². The highest BCUT2D eigenvalue weighted by atomic mass is 16.6. The molecular formula is C22H28N6O3. The predicted octanol–water partition coefficient (Wildman–Crippen LogP) is 2.66. The Hall–Kier alpha value is -3.36. The normalized spacial score (nSPS) is 17.0. The highest BCUT2D eigenvalue weighted by molar-refractivity contribution is 5.74. The topological polar surface area (TPSA) is 105 Å². The lowest BCUT2D eigenvalue weighted by Gasteiger charge is -2.34. The number of hydrogen-bond donors (Lipinski definition) is 2. The van der Waals surface area contributed by atoms with Gasteiger partial charge in [-0.05, 0) is 39.2 Å². The van der Waals surface area contributed by atoms with E-state index in [2.05, 4.69) is 25.2 Å². The molecule has 3 aromatic rings. The zero-order valence-corrected chi connectivity index (χ0v) is 18.1. The summed E-state index contributed by atoms with van der Waals surface area (Å²) in [4.78, 5) is 38.5. The van der Waals surface area contributed by atoms with Gasteiger partial charge < -0.3 is 19.9 Å². The van der Waals surface area contributed by atoms with Crippen molar-refractivity contribution in [3.8, 4) is 0 Å². The average molecular weight is 425 g/mol. The van der Waals surface area contributed by atoms with Crippen LogP contribution in [-0.4, -0.2) is 50.3 Å². The minimum atomic E-state index is -0.547. The number of carbonyl (C=O) groups is 1. The van der Waals surface area contributed by atoms with Gasteiger partial charge in [0.05, 0.1) is 12.9 Å². The molecule has 0 bridgehead atoms. The fourth-order valence-electron chi connectivity index (χ4n) is 3.87. The van der Waals surface area contributed by atoms with Crippen LogP contribution < -0.4 is 15.8 Å². The number of hydrogen-bond acceptors (Lipinski definition) is 6. The molecule has 0 saturated carbocycles. The van der Waals surface area contributed by atoms with Gasteiger partial charge in [0, 0.05) is 19.1 Å². The summed E-state index contributed by atoms with van der Waals surface area (Å²) in [7, 11) is 0. The van der Waals surface area contributed by atoms with Gasteiger partial charge in [-0.25, -0.2) is 9.78 Å². The van der Waals surface area contributed by atoms with Gasteiger partial charge >= 0.3 is 6.09 Å². The van der Waals surface area contributed by atoms with Crippen LogP contribution in [0.25, 0.3) is 11.2 Å². The largest absolute Gasteiger partial charge is 0.444 e. The molecule has 2 N–H and O–H groups in total. The average Bonchev–Trinajstić information content (AvgIpc) is 3.07. The quantitative estimate of drug-likeness (QED) is 0.667. The summed E-state index contributed by atoms with van der Waals surface area (Å²) in [5, 5.41) is 2.97. The molecule has 0 spiro atoms. The molecule has 1 unspecified atom stereocenters. The van der Waals surface area contributed by atoms with Gasteiger partial charge in [0.15, 0.2) is 11.2 Å². The highest BCUT2D eigenvalue weighted by Gasteiger charge is 2.28. The Morgan fingerprint density at radius 2 is 2.06 bits per heavy atom. The van der Waals surface area contributed by atoms with Crippen LogP contribution in [0.4, 0.5) is 10.7 Å². The molecular weight excluding hydrogens is 396 g/mol. The Labute approximate surface area is 180 Å². The molecule has 9 heteroatoms. The van der Waals surface area contributed by atoms with E-state index in [0.29, 0.717) is 30.2 Å². The minimum Gasteiger partial charge on any atom is -0.444 e. The number of aromatic amines is 1. The van der Waals surface area contributed by atoms with Crippen molar-refractivity contribution in [1.29, 1.82) is 0 Å². The third-order valence-electron chi connectivity index (χ3n) is 5.14. The smallest absolute Gasteiger partial charge is 0.407 e. The summed E-state index contributed by atoms with van der Waals surface area (Å²) in [6.45, 7) is 7.39. The lowest BCUT2D eigenvalue weighted by molar-refractivity contribution is 0.0500. The second-order valence-corrected chi connectivity index (χ2v) is 8.82. The first-order chi connectivity index (χ1) is 14.8. The van der Waals surface area contributed by atoms with Gasteiger partial charge in [0.25, 0.3) is 5.56 Å². The van der Waals surface area contributed by atoms with Crippen molar-refractivity contribution in [1.82, 2.24) is 24.8 Å². The molecule has 164 valence electrons. The Balaban J connectivity index is 1.62. The first-order valence-electron chi connectivity index (χ1n) is 10.5. The number of H-pyrrole nitrogens is 1. The van der Waals surface area contributed by atoms with E-state index in [1.54, 1.807) is 0 Å². The second kappa shape index (κ2) is 8.41. The summed E-state index contributed by atoms with van der Waals surface area (Å²) in [5.41, 5.74) is 1.15. The lowest BCUT2D eigenvalue weighted by atomic mass is 10.1. The third kappa shape index (κ3) is 4.87. The van der Waals surface area contributed by atoms with Crippen molar-refractivity contribution in [3.05, 3.63) is 52.6 Å². The molecule has 9 nitrogen and oxygen atoms in total. The number of alkyl carbamates (subject to hydrolysis) is 1. The van der Waals surface area contributed by atoms with Crippen LogP contribution in [0.3, 0.4) is 0 Å². The monoisotopic (exact) mass is 424 g/mol. The van der Waals surface area contributed by atoms with Gasteiger partial charge in [-0.3, -0.25) is 9.36 Å².